The Labute approximate surface area is 154 Å². The summed E-state index contributed by atoms with van der Waals surface area (Å²) >= 11 is 3.11. The maximum absolute atomic E-state index is 12.0. The molecule has 1 aromatic heterocycles. The fraction of sp³-hybridized carbons (Fsp3) is 0.267. The number of amides is 2. The third kappa shape index (κ3) is 4.70. The van der Waals surface area contributed by atoms with Crippen LogP contribution in [0.4, 0.5) is 10.8 Å². The van der Waals surface area contributed by atoms with E-state index in [1.807, 2.05) is 29.6 Å². The number of hydrogen-bond acceptors (Lipinski definition) is 6. The Morgan fingerprint density at radius 1 is 1.25 bits per heavy atom. The van der Waals surface area contributed by atoms with Crippen molar-refractivity contribution in [2.45, 2.75) is 13.0 Å². The molecule has 2 amide bonds. The Morgan fingerprint density at radius 3 is 2.62 bits per heavy atom. The summed E-state index contributed by atoms with van der Waals surface area (Å²) in [5.41, 5.74) is 2.48. The first-order valence-electron chi connectivity index (χ1n) is 7.07. The van der Waals surface area contributed by atoms with Gasteiger partial charge in [-0.1, -0.05) is 12.1 Å². The lowest BCUT2D eigenvalue weighted by Crippen LogP contribution is -2.37. The summed E-state index contributed by atoms with van der Waals surface area (Å²) in [6.07, 6.45) is 0. The van der Waals surface area contributed by atoms with Gasteiger partial charge in [0.05, 0.1) is 11.7 Å². The van der Waals surface area contributed by atoms with Crippen LogP contribution in [-0.2, 0) is 9.59 Å². The first kappa shape index (κ1) is 18.7. The van der Waals surface area contributed by atoms with E-state index in [9.17, 15) is 9.59 Å². The van der Waals surface area contributed by atoms with Crippen molar-refractivity contribution in [1.82, 2.24) is 10.3 Å². The average Bonchev–Trinajstić information content (AvgIpc) is 3.18. The molecule has 1 aliphatic rings. The minimum Gasteiger partial charge on any atom is -0.326 e. The van der Waals surface area contributed by atoms with Gasteiger partial charge in [-0.25, -0.2) is 4.98 Å². The summed E-state index contributed by atoms with van der Waals surface area (Å²) in [5.74, 6) is 1.45. The second kappa shape index (κ2) is 8.48. The van der Waals surface area contributed by atoms with Crippen LogP contribution in [-0.4, -0.2) is 34.5 Å². The molecule has 1 aliphatic heterocycles. The van der Waals surface area contributed by atoms with Gasteiger partial charge in [0.15, 0.2) is 5.13 Å². The fourth-order valence-corrected chi connectivity index (χ4v) is 3.81. The van der Waals surface area contributed by atoms with E-state index in [1.165, 1.54) is 18.3 Å². The lowest BCUT2D eigenvalue weighted by Gasteiger charge is -2.07. The molecule has 9 heteroatoms. The number of carbonyl (C=O) groups excluding carboxylic acids is 2. The van der Waals surface area contributed by atoms with Crippen molar-refractivity contribution in [1.29, 1.82) is 0 Å². The van der Waals surface area contributed by atoms with Crippen LogP contribution in [0.5, 0.6) is 0 Å². The van der Waals surface area contributed by atoms with Crippen molar-refractivity contribution in [2.24, 2.45) is 0 Å². The van der Waals surface area contributed by atoms with Crippen LogP contribution in [0.3, 0.4) is 0 Å². The lowest BCUT2D eigenvalue weighted by molar-refractivity contribution is -0.117. The molecule has 3 rings (SSSR count). The van der Waals surface area contributed by atoms with E-state index < -0.39 is 0 Å². The third-order valence-electron chi connectivity index (χ3n) is 3.27. The second-order valence-electron chi connectivity index (χ2n) is 5.06. The van der Waals surface area contributed by atoms with Crippen LogP contribution in [0.15, 0.2) is 29.6 Å². The van der Waals surface area contributed by atoms with Gasteiger partial charge in [-0.3, -0.25) is 14.9 Å². The average molecular weight is 385 g/mol. The van der Waals surface area contributed by atoms with Crippen LogP contribution < -0.4 is 16.0 Å². The number of thioether (sulfide) groups is 1. The highest BCUT2D eigenvalue weighted by molar-refractivity contribution is 7.99. The maximum Gasteiger partial charge on any atom is 0.244 e. The van der Waals surface area contributed by atoms with E-state index in [4.69, 9.17) is 0 Å². The molecular weight excluding hydrogens is 368 g/mol. The molecule has 3 N–H and O–H groups in total. The summed E-state index contributed by atoms with van der Waals surface area (Å²) in [6.45, 7) is 1.47. The van der Waals surface area contributed by atoms with Gasteiger partial charge < -0.3 is 10.6 Å². The third-order valence-corrected chi connectivity index (χ3v) is 4.97. The number of carbonyl (C=O) groups is 2. The highest BCUT2D eigenvalue weighted by Crippen LogP contribution is 2.26. The zero-order valence-electron chi connectivity index (χ0n) is 12.9. The van der Waals surface area contributed by atoms with Gasteiger partial charge in [-0.2, -0.15) is 0 Å². The highest BCUT2D eigenvalue weighted by atomic mass is 35.5. The van der Waals surface area contributed by atoms with E-state index in [0.717, 1.165) is 28.6 Å². The van der Waals surface area contributed by atoms with Gasteiger partial charge in [0.2, 0.25) is 11.8 Å². The van der Waals surface area contributed by atoms with Crippen LogP contribution >= 0.6 is 35.5 Å². The molecule has 2 aromatic rings. The van der Waals surface area contributed by atoms with Crippen LogP contribution in [0.25, 0.3) is 11.3 Å². The molecule has 6 nitrogen and oxygen atoms in total. The van der Waals surface area contributed by atoms with E-state index in [0.29, 0.717) is 5.13 Å². The van der Waals surface area contributed by atoms with Crippen LogP contribution in [0, 0.1) is 0 Å². The SMILES string of the molecule is CC(=O)Nc1ccc(-c2csc(NC(=O)C3CSCN3)n2)cc1.Cl. The van der Waals surface area contributed by atoms with Crippen LogP contribution in [0.1, 0.15) is 6.92 Å². The van der Waals surface area contributed by atoms with Gasteiger partial charge in [0, 0.05) is 35.2 Å². The molecule has 0 aliphatic carbocycles. The number of halogens is 1. The molecule has 0 radical (unpaired) electrons. The van der Waals surface area contributed by atoms with Gasteiger partial charge in [0.1, 0.15) is 0 Å². The number of benzene rings is 1. The summed E-state index contributed by atoms with van der Waals surface area (Å²) in [6, 6.07) is 7.29. The van der Waals surface area contributed by atoms with E-state index in [-0.39, 0.29) is 30.3 Å². The van der Waals surface area contributed by atoms with Crippen molar-refractivity contribution in [3.8, 4) is 11.3 Å². The number of aromatic nitrogens is 1. The smallest absolute Gasteiger partial charge is 0.244 e. The fourth-order valence-electron chi connectivity index (χ4n) is 2.15. The van der Waals surface area contributed by atoms with Crippen molar-refractivity contribution in [3.63, 3.8) is 0 Å². The van der Waals surface area contributed by atoms with Crippen molar-refractivity contribution >= 4 is 58.1 Å². The molecule has 1 fully saturated rings. The number of rotatable bonds is 4. The Hall–Kier alpha value is -1.61. The number of hydrogen-bond donors (Lipinski definition) is 3. The predicted octanol–water partition coefficient (Wildman–Crippen LogP) is 2.79. The Bertz CT molecular complexity index is 715. The Morgan fingerprint density at radius 2 is 2.00 bits per heavy atom. The van der Waals surface area contributed by atoms with Gasteiger partial charge >= 0.3 is 0 Å². The van der Waals surface area contributed by atoms with E-state index >= 15 is 0 Å². The summed E-state index contributed by atoms with van der Waals surface area (Å²) in [4.78, 5) is 27.5. The first-order chi connectivity index (χ1) is 11.1. The molecule has 2 heterocycles. The van der Waals surface area contributed by atoms with Crippen molar-refractivity contribution in [3.05, 3.63) is 29.6 Å². The molecule has 128 valence electrons. The molecule has 0 bridgehead atoms. The minimum atomic E-state index is -0.149. The predicted molar refractivity (Wildman–Crippen MR) is 102 cm³/mol. The molecule has 0 spiro atoms. The monoisotopic (exact) mass is 384 g/mol. The van der Waals surface area contributed by atoms with Gasteiger partial charge in [0.25, 0.3) is 0 Å². The maximum atomic E-state index is 12.0. The zero-order valence-corrected chi connectivity index (χ0v) is 15.3. The Balaban J connectivity index is 0.00000208. The number of nitrogens with zero attached hydrogens (tertiary/aromatic N) is 1. The summed E-state index contributed by atoms with van der Waals surface area (Å²) < 4.78 is 0. The van der Waals surface area contributed by atoms with E-state index in [2.05, 4.69) is 20.9 Å². The molecule has 1 aromatic carbocycles. The quantitative estimate of drug-likeness (QED) is 0.755. The largest absolute Gasteiger partial charge is 0.326 e. The number of thiazole rings is 1. The lowest BCUT2D eigenvalue weighted by atomic mass is 10.1. The Kier molecular flexibility index (Phi) is 6.61. The summed E-state index contributed by atoms with van der Waals surface area (Å²) in [7, 11) is 0. The number of nitrogens with one attached hydrogen (secondary N) is 3. The van der Waals surface area contributed by atoms with Crippen molar-refractivity contribution in [2.75, 3.05) is 22.3 Å². The topological polar surface area (TPSA) is 83.1 Å². The molecule has 1 atom stereocenters. The highest BCUT2D eigenvalue weighted by Gasteiger charge is 2.23. The zero-order chi connectivity index (χ0) is 16.2. The van der Waals surface area contributed by atoms with Crippen molar-refractivity contribution < 1.29 is 9.59 Å². The summed E-state index contributed by atoms with van der Waals surface area (Å²) in [5, 5.41) is 11.2. The molecule has 1 saturated heterocycles. The van der Waals surface area contributed by atoms with Gasteiger partial charge in [-0.05, 0) is 12.1 Å². The molecule has 1 unspecified atom stereocenters. The normalized spacial score (nSPS) is 16.3. The second-order valence-corrected chi connectivity index (χ2v) is 6.95. The molecular formula is C15H17ClN4O2S2. The van der Waals surface area contributed by atoms with E-state index in [1.54, 1.807) is 11.8 Å². The first-order valence-corrected chi connectivity index (χ1v) is 9.11. The van der Waals surface area contributed by atoms with Gasteiger partial charge in [-0.15, -0.1) is 35.5 Å². The standard InChI is InChI=1S/C15H16N4O2S2.ClH/c1-9(20)17-11-4-2-10(3-5-11)12-7-23-15(18-12)19-14(21)13-6-22-8-16-13;/h2-5,7,13,16H,6,8H2,1H3,(H,17,20)(H,18,19,21);1H. The molecule has 24 heavy (non-hydrogen) atoms. The molecule has 0 saturated carbocycles. The van der Waals surface area contributed by atoms with Crippen LogP contribution in [0.2, 0.25) is 0 Å². The minimum absolute atomic E-state index is 0. The number of anilines is 2.